The van der Waals surface area contributed by atoms with E-state index in [4.69, 9.17) is 9.84 Å². The fraction of sp³-hybridized carbons (Fsp3) is 0.611. The van der Waals surface area contributed by atoms with Crippen molar-refractivity contribution in [1.29, 1.82) is 0 Å². The highest BCUT2D eigenvalue weighted by atomic mass is 16.5. The Morgan fingerprint density at radius 3 is 2.48 bits per heavy atom. The Labute approximate surface area is 137 Å². The summed E-state index contributed by atoms with van der Waals surface area (Å²) in [6.45, 7) is 2.14. The molecule has 1 unspecified atom stereocenters. The summed E-state index contributed by atoms with van der Waals surface area (Å²) in [6.07, 6.45) is 5.82. The second kappa shape index (κ2) is 9.40. The summed E-state index contributed by atoms with van der Waals surface area (Å²) in [5, 5.41) is 29.6. The molecule has 1 rings (SSSR count). The van der Waals surface area contributed by atoms with Gasteiger partial charge in [0.05, 0.1) is 12.7 Å². The molecule has 1 aromatic rings. The molecule has 0 aliphatic rings. The topological polar surface area (TPSA) is 87.0 Å². The maximum absolute atomic E-state index is 11.0. The first-order valence-corrected chi connectivity index (χ1v) is 8.24. The maximum atomic E-state index is 11.0. The minimum absolute atomic E-state index is 0.000203. The number of carboxylic acid groups (broad SMARTS) is 1. The molecule has 0 spiro atoms. The van der Waals surface area contributed by atoms with Crippen LogP contribution in [0.25, 0.3) is 0 Å². The Hall–Kier alpha value is -1.75. The zero-order valence-corrected chi connectivity index (χ0v) is 14.0. The average Bonchev–Trinajstić information content (AvgIpc) is 2.53. The van der Waals surface area contributed by atoms with Crippen LogP contribution in [0.1, 0.15) is 63.9 Å². The van der Waals surface area contributed by atoms with Crippen LogP contribution in [0.15, 0.2) is 18.2 Å². The van der Waals surface area contributed by atoms with E-state index in [0.29, 0.717) is 12.0 Å². The van der Waals surface area contributed by atoms with Crippen LogP contribution in [0.3, 0.4) is 0 Å². The molecule has 0 amide bonds. The normalized spacial score (nSPS) is 13.5. The lowest BCUT2D eigenvalue weighted by atomic mass is 9.84. The standard InChI is InChI=1S/C18H28O5/c1-3-4-5-6-7-11-18(22,12-10-17(20)21)14-8-9-15(19)16(13-14)23-2/h8-9,13,19,22H,3-7,10-12H2,1-2H3,(H,20,21). The Kier molecular flexibility index (Phi) is 7.89. The number of aromatic hydroxyl groups is 1. The molecule has 0 saturated carbocycles. The van der Waals surface area contributed by atoms with Gasteiger partial charge in [-0.25, -0.2) is 0 Å². The Morgan fingerprint density at radius 2 is 1.87 bits per heavy atom. The third-order valence-corrected chi connectivity index (χ3v) is 4.16. The predicted molar refractivity (Wildman–Crippen MR) is 88.8 cm³/mol. The smallest absolute Gasteiger partial charge is 0.303 e. The zero-order chi connectivity index (χ0) is 17.3. The van der Waals surface area contributed by atoms with Crippen molar-refractivity contribution in [1.82, 2.24) is 0 Å². The molecule has 0 aliphatic carbocycles. The van der Waals surface area contributed by atoms with Gasteiger partial charge in [0.1, 0.15) is 0 Å². The minimum Gasteiger partial charge on any atom is -0.504 e. The van der Waals surface area contributed by atoms with Crippen LogP contribution in [-0.2, 0) is 10.4 Å². The number of unbranched alkanes of at least 4 members (excludes halogenated alkanes) is 4. The van der Waals surface area contributed by atoms with Gasteiger partial charge in [0.25, 0.3) is 0 Å². The van der Waals surface area contributed by atoms with Gasteiger partial charge < -0.3 is 20.1 Å². The fourth-order valence-corrected chi connectivity index (χ4v) is 2.72. The highest BCUT2D eigenvalue weighted by molar-refractivity contribution is 5.66. The van der Waals surface area contributed by atoms with Crippen molar-refractivity contribution in [2.45, 2.75) is 63.9 Å². The van der Waals surface area contributed by atoms with Gasteiger partial charge in [-0.3, -0.25) is 4.79 Å². The van der Waals surface area contributed by atoms with Crippen LogP contribution in [0.5, 0.6) is 11.5 Å². The van der Waals surface area contributed by atoms with E-state index in [-0.39, 0.29) is 24.3 Å². The van der Waals surface area contributed by atoms with Gasteiger partial charge in [0.15, 0.2) is 11.5 Å². The Bertz CT molecular complexity index is 500. The number of ether oxygens (including phenoxy) is 1. The summed E-state index contributed by atoms with van der Waals surface area (Å²) >= 11 is 0. The molecule has 0 bridgehead atoms. The van der Waals surface area contributed by atoms with Gasteiger partial charge in [-0.05, 0) is 30.5 Å². The SMILES string of the molecule is CCCCCCCC(O)(CCC(=O)O)c1ccc(O)c(OC)c1. The number of phenols is 1. The second-order valence-corrected chi connectivity index (χ2v) is 5.98. The molecular weight excluding hydrogens is 296 g/mol. The van der Waals surface area contributed by atoms with E-state index in [1.807, 2.05) is 0 Å². The van der Waals surface area contributed by atoms with Gasteiger partial charge in [0.2, 0.25) is 0 Å². The summed E-state index contributed by atoms with van der Waals surface area (Å²) in [7, 11) is 1.44. The number of carboxylic acids is 1. The summed E-state index contributed by atoms with van der Waals surface area (Å²) in [4.78, 5) is 10.9. The molecule has 3 N–H and O–H groups in total. The van der Waals surface area contributed by atoms with Crippen molar-refractivity contribution >= 4 is 5.97 Å². The number of hydrogen-bond acceptors (Lipinski definition) is 4. The summed E-state index contributed by atoms with van der Waals surface area (Å²) in [6, 6.07) is 4.69. The molecule has 0 aliphatic heterocycles. The van der Waals surface area contributed by atoms with Crippen LogP contribution in [-0.4, -0.2) is 28.4 Å². The maximum Gasteiger partial charge on any atom is 0.303 e. The Balaban J connectivity index is 2.87. The molecule has 0 aromatic heterocycles. The van der Waals surface area contributed by atoms with E-state index in [1.54, 1.807) is 12.1 Å². The quantitative estimate of drug-likeness (QED) is 0.539. The number of hydrogen-bond donors (Lipinski definition) is 3. The summed E-state index contributed by atoms with van der Waals surface area (Å²) in [5.41, 5.74) is -0.630. The molecule has 1 aromatic carbocycles. The van der Waals surface area contributed by atoms with Crippen LogP contribution in [0.4, 0.5) is 0 Å². The highest BCUT2D eigenvalue weighted by Gasteiger charge is 2.30. The van der Waals surface area contributed by atoms with Crippen LogP contribution in [0, 0.1) is 0 Å². The van der Waals surface area contributed by atoms with Crippen molar-refractivity contribution < 1.29 is 24.9 Å². The lowest BCUT2D eigenvalue weighted by Crippen LogP contribution is -2.27. The van der Waals surface area contributed by atoms with Crippen molar-refractivity contribution in [3.05, 3.63) is 23.8 Å². The van der Waals surface area contributed by atoms with Crippen molar-refractivity contribution in [3.8, 4) is 11.5 Å². The Morgan fingerprint density at radius 1 is 1.17 bits per heavy atom. The van der Waals surface area contributed by atoms with Gasteiger partial charge in [-0.2, -0.15) is 0 Å². The number of rotatable bonds is 11. The van der Waals surface area contributed by atoms with Crippen LogP contribution in [0.2, 0.25) is 0 Å². The molecule has 0 fully saturated rings. The van der Waals surface area contributed by atoms with Gasteiger partial charge in [-0.1, -0.05) is 45.1 Å². The first-order valence-electron chi connectivity index (χ1n) is 8.24. The van der Waals surface area contributed by atoms with E-state index in [0.717, 1.165) is 25.7 Å². The largest absolute Gasteiger partial charge is 0.504 e. The molecule has 130 valence electrons. The van der Waals surface area contributed by atoms with Crippen LogP contribution < -0.4 is 4.74 Å². The third kappa shape index (κ3) is 6.10. The lowest BCUT2D eigenvalue weighted by molar-refractivity contribution is -0.138. The van der Waals surface area contributed by atoms with Crippen molar-refractivity contribution in [2.24, 2.45) is 0 Å². The number of aliphatic carboxylic acids is 1. The molecule has 5 nitrogen and oxygen atoms in total. The van der Waals surface area contributed by atoms with E-state index < -0.39 is 11.6 Å². The number of methoxy groups -OCH3 is 1. The first kappa shape index (κ1) is 19.3. The molecular formula is C18H28O5. The molecule has 0 heterocycles. The van der Waals surface area contributed by atoms with E-state index in [2.05, 4.69) is 6.92 Å². The molecule has 23 heavy (non-hydrogen) atoms. The van der Waals surface area contributed by atoms with Crippen molar-refractivity contribution in [3.63, 3.8) is 0 Å². The van der Waals surface area contributed by atoms with Crippen molar-refractivity contribution in [2.75, 3.05) is 7.11 Å². The number of aliphatic hydroxyl groups is 1. The number of carbonyl (C=O) groups is 1. The lowest BCUT2D eigenvalue weighted by Gasteiger charge is -2.29. The summed E-state index contributed by atoms with van der Waals surface area (Å²) in [5.74, 6) is -0.651. The van der Waals surface area contributed by atoms with E-state index in [9.17, 15) is 15.0 Å². The molecule has 5 heteroatoms. The van der Waals surface area contributed by atoms with Crippen LogP contribution >= 0.6 is 0 Å². The third-order valence-electron chi connectivity index (χ3n) is 4.16. The molecule has 1 atom stereocenters. The average molecular weight is 324 g/mol. The van der Waals surface area contributed by atoms with Gasteiger partial charge in [-0.15, -0.1) is 0 Å². The predicted octanol–water partition coefficient (Wildman–Crippen LogP) is 3.81. The monoisotopic (exact) mass is 324 g/mol. The second-order valence-electron chi connectivity index (χ2n) is 5.98. The van der Waals surface area contributed by atoms with Gasteiger partial charge >= 0.3 is 5.97 Å². The molecule has 0 radical (unpaired) electrons. The minimum atomic E-state index is -1.22. The first-order chi connectivity index (χ1) is 10.9. The summed E-state index contributed by atoms with van der Waals surface area (Å²) < 4.78 is 5.09. The fourth-order valence-electron chi connectivity index (χ4n) is 2.72. The van der Waals surface area contributed by atoms with E-state index in [1.165, 1.54) is 19.6 Å². The molecule has 0 saturated heterocycles. The highest BCUT2D eigenvalue weighted by Crippen LogP contribution is 2.37. The number of phenolic OH excluding ortho intramolecular Hbond substituents is 1. The zero-order valence-electron chi connectivity index (χ0n) is 14.0. The number of benzene rings is 1. The van der Waals surface area contributed by atoms with Gasteiger partial charge in [0, 0.05) is 6.42 Å². The van der Waals surface area contributed by atoms with E-state index >= 15 is 0 Å².